The summed E-state index contributed by atoms with van der Waals surface area (Å²) in [5.74, 6) is -0.926. The first-order valence-corrected chi connectivity index (χ1v) is 10.7. The molecule has 0 saturated carbocycles. The molecule has 3 aromatic rings. The van der Waals surface area contributed by atoms with Crippen LogP contribution in [-0.2, 0) is 0 Å². The van der Waals surface area contributed by atoms with Gasteiger partial charge in [0.05, 0.1) is 17.8 Å². The third-order valence-corrected chi connectivity index (χ3v) is 5.88. The summed E-state index contributed by atoms with van der Waals surface area (Å²) in [7, 11) is 0. The van der Waals surface area contributed by atoms with E-state index in [4.69, 9.17) is 0 Å². The lowest BCUT2D eigenvalue weighted by Gasteiger charge is -2.40. The minimum atomic E-state index is -0.756. The van der Waals surface area contributed by atoms with Gasteiger partial charge >= 0.3 is 0 Å². The van der Waals surface area contributed by atoms with Gasteiger partial charge in [-0.3, -0.25) is 4.79 Å². The molecule has 32 heavy (non-hydrogen) atoms. The average Bonchev–Trinajstić information content (AvgIpc) is 2.79. The lowest BCUT2D eigenvalue weighted by molar-refractivity contribution is 0.0540. The van der Waals surface area contributed by atoms with E-state index in [2.05, 4.69) is 27.2 Å². The minimum Gasteiger partial charge on any atom is -0.366 e. The first-order valence-electron chi connectivity index (χ1n) is 10.7. The van der Waals surface area contributed by atoms with Gasteiger partial charge in [-0.15, -0.1) is 0 Å². The molecule has 1 amide bonds. The van der Waals surface area contributed by atoms with Crippen LogP contribution < -0.4 is 5.32 Å². The van der Waals surface area contributed by atoms with Gasteiger partial charge in [-0.25, -0.2) is 23.7 Å². The van der Waals surface area contributed by atoms with Crippen molar-refractivity contribution in [2.45, 2.75) is 32.7 Å². The van der Waals surface area contributed by atoms with Crippen LogP contribution in [0.5, 0.6) is 0 Å². The molecule has 6 nitrogen and oxygen atoms in total. The molecule has 1 saturated heterocycles. The second-order valence-corrected chi connectivity index (χ2v) is 8.17. The summed E-state index contributed by atoms with van der Waals surface area (Å²) in [5, 5.41) is 2.96. The molecule has 2 aromatic heterocycles. The molecule has 1 N–H and O–H groups in total. The molecule has 2 atom stereocenters. The van der Waals surface area contributed by atoms with E-state index in [1.165, 1.54) is 0 Å². The van der Waals surface area contributed by atoms with E-state index in [0.29, 0.717) is 30.0 Å². The number of hydrogen-bond donors (Lipinski definition) is 1. The highest BCUT2D eigenvalue weighted by molar-refractivity contribution is 6.00. The Morgan fingerprint density at radius 3 is 2.72 bits per heavy atom. The maximum atomic E-state index is 14.0. The largest absolute Gasteiger partial charge is 0.366 e. The Balaban J connectivity index is 1.62. The fourth-order valence-electron chi connectivity index (χ4n) is 4.18. The molecule has 8 heteroatoms. The molecule has 4 rings (SSSR count). The van der Waals surface area contributed by atoms with Crippen molar-refractivity contribution in [3.63, 3.8) is 0 Å². The third-order valence-electron chi connectivity index (χ3n) is 5.88. The van der Waals surface area contributed by atoms with Crippen LogP contribution >= 0.6 is 0 Å². The van der Waals surface area contributed by atoms with Crippen molar-refractivity contribution in [1.29, 1.82) is 0 Å². The van der Waals surface area contributed by atoms with Gasteiger partial charge in [0, 0.05) is 37.1 Å². The first kappa shape index (κ1) is 21.8. The summed E-state index contributed by atoms with van der Waals surface area (Å²) in [6.07, 6.45) is 6.11. The van der Waals surface area contributed by atoms with Crippen molar-refractivity contribution in [2.75, 3.05) is 18.4 Å². The average molecular weight is 437 g/mol. The number of halogens is 2. The third kappa shape index (κ3) is 4.59. The van der Waals surface area contributed by atoms with Crippen molar-refractivity contribution < 1.29 is 13.6 Å². The van der Waals surface area contributed by atoms with Gasteiger partial charge in [0.1, 0.15) is 5.82 Å². The molecular formula is C24H25F2N5O. The van der Waals surface area contributed by atoms with Gasteiger partial charge in [0.2, 0.25) is 0 Å². The highest BCUT2D eigenvalue weighted by atomic mass is 19.1. The van der Waals surface area contributed by atoms with Crippen molar-refractivity contribution in [3.05, 3.63) is 71.7 Å². The van der Waals surface area contributed by atoms with Crippen LogP contribution in [0, 0.1) is 24.5 Å². The Kier molecular flexibility index (Phi) is 6.39. The summed E-state index contributed by atoms with van der Waals surface area (Å²) >= 11 is 0. The SMILES string of the molecule is Cc1ccc(-c2ncccn2)c(C(=O)N2CCCC(C)C2CNc2ncc(F)cc2F)c1. The van der Waals surface area contributed by atoms with Gasteiger partial charge in [0.25, 0.3) is 5.91 Å². The van der Waals surface area contributed by atoms with E-state index in [9.17, 15) is 13.6 Å². The molecule has 1 aliphatic rings. The number of carbonyl (C=O) groups is 1. The van der Waals surface area contributed by atoms with Crippen LogP contribution in [0.4, 0.5) is 14.6 Å². The predicted octanol–water partition coefficient (Wildman–Crippen LogP) is 4.48. The maximum Gasteiger partial charge on any atom is 0.254 e. The lowest BCUT2D eigenvalue weighted by Crippen LogP contribution is -2.51. The Labute approximate surface area is 185 Å². The van der Waals surface area contributed by atoms with Crippen molar-refractivity contribution in [2.24, 2.45) is 5.92 Å². The standard InChI is InChI=1S/C24H25F2N5O/c1-15-6-7-18(22-27-8-4-9-28-22)19(11-15)24(32)31-10-3-5-16(2)21(31)14-30-23-20(26)12-17(25)13-29-23/h4,6-9,11-13,16,21H,3,5,10,14H2,1-2H3,(H,29,30). The topological polar surface area (TPSA) is 71.0 Å². The van der Waals surface area contributed by atoms with Gasteiger partial charge in [-0.2, -0.15) is 0 Å². The van der Waals surface area contributed by atoms with Crippen LogP contribution in [0.2, 0.25) is 0 Å². The van der Waals surface area contributed by atoms with E-state index >= 15 is 0 Å². The molecule has 1 aliphatic heterocycles. The van der Waals surface area contributed by atoms with E-state index < -0.39 is 11.6 Å². The van der Waals surface area contributed by atoms with E-state index in [-0.39, 0.29) is 23.7 Å². The summed E-state index contributed by atoms with van der Waals surface area (Å²) in [6.45, 7) is 4.92. The molecule has 0 spiro atoms. The molecule has 1 fully saturated rings. The van der Waals surface area contributed by atoms with Crippen molar-refractivity contribution >= 4 is 11.7 Å². The summed E-state index contributed by atoms with van der Waals surface area (Å²) in [6, 6.07) is 8.02. The number of carbonyl (C=O) groups excluding carboxylic acids is 1. The molecular weight excluding hydrogens is 412 g/mol. The lowest BCUT2D eigenvalue weighted by atomic mass is 9.89. The van der Waals surface area contributed by atoms with Crippen molar-refractivity contribution in [1.82, 2.24) is 19.9 Å². The molecule has 1 aromatic carbocycles. The van der Waals surface area contributed by atoms with Crippen LogP contribution in [0.3, 0.4) is 0 Å². The number of piperidine rings is 1. The monoisotopic (exact) mass is 437 g/mol. The van der Waals surface area contributed by atoms with E-state index in [0.717, 1.165) is 30.7 Å². The smallest absolute Gasteiger partial charge is 0.254 e. The molecule has 166 valence electrons. The number of nitrogens with one attached hydrogen (secondary N) is 1. The molecule has 0 radical (unpaired) electrons. The van der Waals surface area contributed by atoms with E-state index in [1.54, 1.807) is 18.5 Å². The van der Waals surface area contributed by atoms with Crippen LogP contribution in [0.15, 0.2) is 48.9 Å². The maximum absolute atomic E-state index is 14.0. The zero-order valence-electron chi connectivity index (χ0n) is 18.1. The quantitative estimate of drug-likeness (QED) is 0.637. The zero-order chi connectivity index (χ0) is 22.7. The number of likely N-dealkylation sites (tertiary alicyclic amines) is 1. The van der Waals surface area contributed by atoms with E-state index in [1.807, 2.05) is 30.0 Å². The zero-order valence-corrected chi connectivity index (χ0v) is 18.1. The predicted molar refractivity (Wildman–Crippen MR) is 118 cm³/mol. The molecule has 0 bridgehead atoms. The number of hydrogen-bond acceptors (Lipinski definition) is 5. The van der Waals surface area contributed by atoms with Crippen molar-refractivity contribution in [3.8, 4) is 11.4 Å². The number of rotatable bonds is 5. The summed E-state index contributed by atoms with van der Waals surface area (Å²) < 4.78 is 27.2. The Morgan fingerprint density at radius 2 is 1.97 bits per heavy atom. The second kappa shape index (κ2) is 9.38. The number of aromatic nitrogens is 3. The Bertz CT molecular complexity index is 1110. The summed E-state index contributed by atoms with van der Waals surface area (Å²) in [5.41, 5.74) is 2.18. The first-order chi connectivity index (χ1) is 15.4. The number of aryl methyl sites for hydroxylation is 1. The highest BCUT2D eigenvalue weighted by Crippen LogP contribution is 2.29. The fraction of sp³-hybridized carbons (Fsp3) is 0.333. The minimum absolute atomic E-state index is 0.0227. The van der Waals surface area contributed by atoms with Crippen LogP contribution in [0.25, 0.3) is 11.4 Å². The van der Waals surface area contributed by atoms with Gasteiger partial charge in [-0.1, -0.05) is 24.6 Å². The summed E-state index contributed by atoms with van der Waals surface area (Å²) in [4.78, 5) is 28.0. The number of nitrogens with zero attached hydrogens (tertiary/aromatic N) is 4. The Morgan fingerprint density at radius 1 is 1.19 bits per heavy atom. The molecule has 0 aliphatic carbocycles. The molecule has 2 unspecified atom stereocenters. The molecule has 3 heterocycles. The highest BCUT2D eigenvalue weighted by Gasteiger charge is 2.33. The fourth-order valence-corrected chi connectivity index (χ4v) is 4.18. The van der Waals surface area contributed by atoms with Crippen LogP contribution in [0.1, 0.15) is 35.7 Å². The number of benzene rings is 1. The number of amides is 1. The second-order valence-electron chi connectivity index (χ2n) is 8.17. The normalized spacial score (nSPS) is 18.4. The van der Waals surface area contributed by atoms with Gasteiger partial charge in [-0.05, 0) is 37.8 Å². The Hall–Kier alpha value is -3.42. The van der Waals surface area contributed by atoms with Gasteiger partial charge < -0.3 is 10.2 Å². The van der Waals surface area contributed by atoms with Crippen LogP contribution in [-0.4, -0.2) is 44.9 Å². The number of anilines is 1. The van der Waals surface area contributed by atoms with Gasteiger partial charge in [0.15, 0.2) is 17.5 Å². The number of pyridine rings is 1.